The van der Waals surface area contributed by atoms with Crippen LogP contribution in [-0.4, -0.2) is 30.5 Å². The third-order valence-electron chi connectivity index (χ3n) is 1.94. The zero-order valence-electron chi connectivity index (χ0n) is 6.57. The zero-order chi connectivity index (χ0) is 9.19. The van der Waals surface area contributed by atoms with Crippen molar-refractivity contribution in [3.63, 3.8) is 0 Å². The molecule has 1 atom stereocenters. The van der Waals surface area contributed by atoms with Crippen LogP contribution in [0.15, 0.2) is 0 Å². The minimum Gasteiger partial charge on any atom is -0.274 e. The molecule has 72 valence electrons. The summed E-state index contributed by atoms with van der Waals surface area (Å²) >= 11 is 0. The summed E-state index contributed by atoms with van der Waals surface area (Å²) < 4.78 is 47.9. The van der Waals surface area contributed by atoms with E-state index < -0.39 is 18.9 Å². The Balaban J connectivity index is 2.31. The molecule has 1 heterocycles. The van der Waals surface area contributed by atoms with E-state index in [1.807, 2.05) is 0 Å². The molecule has 1 aliphatic rings. The number of halogens is 4. The first kappa shape index (κ1) is 9.77. The smallest absolute Gasteiger partial charge is 0.274 e. The van der Waals surface area contributed by atoms with Gasteiger partial charge in [-0.15, -0.1) is 0 Å². The molecular formula is C7H11F4N. The van der Waals surface area contributed by atoms with E-state index in [1.54, 1.807) is 0 Å². The lowest BCUT2D eigenvalue weighted by Crippen LogP contribution is -2.33. The minimum atomic E-state index is -4.39. The van der Waals surface area contributed by atoms with Crippen LogP contribution in [0.3, 0.4) is 0 Å². The van der Waals surface area contributed by atoms with Gasteiger partial charge in [-0.3, -0.25) is 4.90 Å². The van der Waals surface area contributed by atoms with Crippen LogP contribution >= 0.6 is 0 Å². The van der Waals surface area contributed by atoms with Gasteiger partial charge in [0.2, 0.25) is 0 Å². The molecule has 0 N–H and O–H groups in total. The highest BCUT2D eigenvalue weighted by molar-refractivity contribution is 4.71. The molecule has 0 aliphatic carbocycles. The summed E-state index contributed by atoms with van der Waals surface area (Å²) in [5, 5.41) is 0. The van der Waals surface area contributed by atoms with Crippen molar-refractivity contribution in [1.29, 1.82) is 0 Å². The number of hydrogen-bond acceptors (Lipinski definition) is 1. The van der Waals surface area contributed by atoms with Crippen LogP contribution in [0.25, 0.3) is 0 Å². The molecule has 1 fully saturated rings. The standard InChI is InChI=1S/C7H11F4N/c8-6(5-7(9,10)11)12-3-1-2-4-12/h6H,1-5H2. The number of alkyl halides is 4. The summed E-state index contributed by atoms with van der Waals surface area (Å²) in [5.74, 6) is 0. The van der Waals surface area contributed by atoms with Crippen LogP contribution in [0, 0.1) is 0 Å². The van der Waals surface area contributed by atoms with Crippen molar-refractivity contribution < 1.29 is 17.6 Å². The Morgan fingerprint density at radius 2 is 1.67 bits per heavy atom. The highest BCUT2D eigenvalue weighted by Crippen LogP contribution is 2.26. The highest BCUT2D eigenvalue weighted by atomic mass is 19.4. The largest absolute Gasteiger partial charge is 0.393 e. The van der Waals surface area contributed by atoms with Gasteiger partial charge in [-0.1, -0.05) is 0 Å². The Hall–Kier alpha value is -0.320. The van der Waals surface area contributed by atoms with Crippen molar-refractivity contribution in [1.82, 2.24) is 4.90 Å². The second kappa shape index (κ2) is 3.60. The van der Waals surface area contributed by atoms with Crippen LogP contribution in [0.2, 0.25) is 0 Å². The van der Waals surface area contributed by atoms with Crippen molar-refractivity contribution in [3.05, 3.63) is 0 Å². The van der Waals surface area contributed by atoms with Gasteiger partial charge in [0.1, 0.15) is 0 Å². The van der Waals surface area contributed by atoms with Crippen LogP contribution in [0.1, 0.15) is 19.3 Å². The van der Waals surface area contributed by atoms with Crippen molar-refractivity contribution in [2.45, 2.75) is 31.7 Å². The number of nitrogens with zero attached hydrogens (tertiary/aromatic N) is 1. The van der Waals surface area contributed by atoms with Gasteiger partial charge >= 0.3 is 6.18 Å². The van der Waals surface area contributed by atoms with Gasteiger partial charge in [0.25, 0.3) is 0 Å². The molecule has 1 saturated heterocycles. The molecule has 0 aromatic rings. The number of hydrogen-bond donors (Lipinski definition) is 0. The van der Waals surface area contributed by atoms with E-state index in [9.17, 15) is 17.6 Å². The van der Waals surface area contributed by atoms with E-state index in [4.69, 9.17) is 0 Å². The maximum absolute atomic E-state index is 12.8. The van der Waals surface area contributed by atoms with Gasteiger partial charge in [-0.2, -0.15) is 13.2 Å². The molecule has 1 nitrogen and oxygen atoms in total. The Morgan fingerprint density at radius 3 is 2.08 bits per heavy atom. The average molecular weight is 185 g/mol. The second-order valence-corrected chi connectivity index (χ2v) is 3.00. The lowest BCUT2D eigenvalue weighted by molar-refractivity contribution is -0.159. The molecule has 1 unspecified atom stereocenters. The van der Waals surface area contributed by atoms with Crippen LogP contribution in [0.4, 0.5) is 17.6 Å². The Morgan fingerprint density at radius 1 is 1.17 bits per heavy atom. The van der Waals surface area contributed by atoms with Crippen molar-refractivity contribution in [2.75, 3.05) is 13.1 Å². The van der Waals surface area contributed by atoms with Crippen LogP contribution < -0.4 is 0 Å². The lowest BCUT2D eigenvalue weighted by Gasteiger charge is -2.20. The average Bonchev–Trinajstić information content (AvgIpc) is 2.32. The van der Waals surface area contributed by atoms with Gasteiger partial charge < -0.3 is 0 Å². The Bertz CT molecular complexity index is 139. The van der Waals surface area contributed by atoms with E-state index >= 15 is 0 Å². The second-order valence-electron chi connectivity index (χ2n) is 3.00. The molecule has 0 spiro atoms. The highest BCUT2D eigenvalue weighted by Gasteiger charge is 2.35. The summed E-state index contributed by atoms with van der Waals surface area (Å²) in [6.45, 7) is 0.911. The Kier molecular flexibility index (Phi) is 2.93. The fourth-order valence-corrected chi connectivity index (χ4v) is 1.34. The van der Waals surface area contributed by atoms with Crippen molar-refractivity contribution in [2.24, 2.45) is 0 Å². The number of likely N-dealkylation sites (tertiary alicyclic amines) is 1. The summed E-state index contributed by atoms with van der Waals surface area (Å²) in [5.41, 5.74) is 0. The predicted octanol–water partition coefficient (Wildman–Crippen LogP) is 2.33. The molecule has 1 rings (SSSR count). The molecule has 0 saturated carbocycles. The molecule has 0 amide bonds. The maximum Gasteiger partial charge on any atom is 0.393 e. The maximum atomic E-state index is 12.8. The van der Waals surface area contributed by atoms with E-state index in [0.717, 1.165) is 12.8 Å². The zero-order valence-corrected chi connectivity index (χ0v) is 6.57. The fourth-order valence-electron chi connectivity index (χ4n) is 1.34. The van der Waals surface area contributed by atoms with Gasteiger partial charge in [0.05, 0.1) is 6.42 Å². The quantitative estimate of drug-likeness (QED) is 0.471. The third kappa shape index (κ3) is 2.97. The van der Waals surface area contributed by atoms with Gasteiger partial charge in [0, 0.05) is 13.1 Å². The van der Waals surface area contributed by atoms with Gasteiger partial charge in [-0.05, 0) is 12.8 Å². The third-order valence-corrected chi connectivity index (χ3v) is 1.94. The minimum absolute atomic E-state index is 0.456. The first-order valence-corrected chi connectivity index (χ1v) is 3.94. The molecular weight excluding hydrogens is 174 g/mol. The van der Waals surface area contributed by atoms with Crippen LogP contribution in [-0.2, 0) is 0 Å². The monoisotopic (exact) mass is 185 g/mol. The first-order chi connectivity index (χ1) is 5.49. The van der Waals surface area contributed by atoms with E-state index in [1.165, 1.54) is 4.90 Å². The van der Waals surface area contributed by atoms with E-state index in [2.05, 4.69) is 0 Å². The number of rotatable bonds is 2. The summed E-state index contributed by atoms with van der Waals surface area (Å²) in [6, 6.07) is 0. The van der Waals surface area contributed by atoms with Crippen LogP contribution in [0.5, 0.6) is 0 Å². The molecule has 0 bridgehead atoms. The van der Waals surface area contributed by atoms with Gasteiger partial charge in [0.15, 0.2) is 6.30 Å². The molecule has 12 heavy (non-hydrogen) atoms. The summed E-state index contributed by atoms with van der Waals surface area (Å²) in [6.07, 6.45) is -5.96. The normalized spacial score (nSPS) is 23.0. The van der Waals surface area contributed by atoms with E-state index in [-0.39, 0.29) is 0 Å². The lowest BCUT2D eigenvalue weighted by atomic mass is 10.3. The fraction of sp³-hybridized carbons (Fsp3) is 1.00. The van der Waals surface area contributed by atoms with Crippen molar-refractivity contribution >= 4 is 0 Å². The Labute approximate surface area is 68.3 Å². The van der Waals surface area contributed by atoms with E-state index in [0.29, 0.717) is 13.1 Å². The molecule has 0 radical (unpaired) electrons. The SMILES string of the molecule is FC(CC(F)(F)F)N1CCCC1. The molecule has 0 aromatic heterocycles. The summed E-state index contributed by atoms with van der Waals surface area (Å²) in [4.78, 5) is 1.24. The summed E-state index contributed by atoms with van der Waals surface area (Å²) in [7, 11) is 0. The topological polar surface area (TPSA) is 3.24 Å². The molecule has 0 aromatic carbocycles. The van der Waals surface area contributed by atoms with Gasteiger partial charge in [-0.25, -0.2) is 4.39 Å². The molecule has 1 aliphatic heterocycles. The molecule has 5 heteroatoms. The van der Waals surface area contributed by atoms with Crippen molar-refractivity contribution in [3.8, 4) is 0 Å². The first-order valence-electron chi connectivity index (χ1n) is 3.94. The predicted molar refractivity (Wildman–Crippen MR) is 36.4 cm³/mol.